The van der Waals surface area contributed by atoms with Crippen molar-refractivity contribution in [1.29, 1.82) is 0 Å². The van der Waals surface area contributed by atoms with Crippen molar-refractivity contribution < 1.29 is 14.7 Å². The Balaban J connectivity index is 2.07. The highest BCUT2D eigenvalue weighted by Gasteiger charge is 2.14. The standard InChI is InChI=1S/C15H16ClNO3/c16-11-6-7-13(12(9-11)15(19)20)17-14(18)8-10-4-2-1-3-5-10/h4,6-7,9H,1-3,5,8H2,(H,17,18)(H,19,20). The first-order chi connectivity index (χ1) is 9.56. The molecule has 1 aliphatic carbocycles. The van der Waals surface area contributed by atoms with E-state index in [-0.39, 0.29) is 17.2 Å². The van der Waals surface area contributed by atoms with E-state index in [0.29, 0.717) is 11.4 Å². The van der Waals surface area contributed by atoms with Gasteiger partial charge in [-0.05, 0) is 43.9 Å². The van der Waals surface area contributed by atoms with Gasteiger partial charge in [-0.1, -0.05) is 23.3 Å². The highest BCUT2D eigenvalue weighted by atomic mass is 35.5. The van der Waals surface area contributed by atoms with Gasteiger partial charge < -0.3 is 10.4 Å². The number of carbonyl (C=O) groups is 2. The third kappa shape index (κ3) is 3.84. The Kier molecular flexibility index (Phi) is 4.79. The van der Waals surface area contributed by atoms with Crippen LogP contribution in [-0.4, -0.2) is 17.0 Å². The molecule has 20 heavy (non-hydrogen) atoms. The van der Waals surface area contributed by atoms with Crippen LogP contribution in [0, 0.1) is 0 Å². The van der Waals surface area contributed by atoms with Crippen LogP contribution in [0.2, 0.25) is 5.02 Å². The zero-order valence-electron chi connectivity index (χ0n) is 11.0. The third-order valence-corrected chi connectivity index (χ3v) is 3.49. The largest absolute Gasteiger partial charge is 0.478 e. The molecule has 1 aromatic rings. The average Bonchev–Trinajstić information content (AvgIpc) is 2.41. The van der Waals surface area contributed by atoms with E-state index in [1.807, 2.05) is 0 Å². The molecule has 0 aromatic heterocycles. The summed E-state index contributed by atoms with van der Waals surface area (Å²) >= 11 is 5.77. The average molecular weight is 294 g/mol. The summed E-state index contributed by atoms with van der Waals surface area (Å²) in [6.07, 6.45) is 6.67. The highest BCUT2D eigenvalue weighted by Crippen LogP contribution is 2.23. The minimum absolute atomic E-state index is 0.00322. The van der Waals surface area contributed by atoms with Crippen LogP contribution in [0.3, 0.4) is 0 Å². The summed E-state index contributed by atoms with van der Waals surface area (Å²) < 4.78 is 0. The van der Waals surface area contributed by atoms with Crippen LogP contribution in [0.1, 0.15) is 42.5 Å². The van der Waals surface area contributed by atoms with Crippen LogP contribution in [0.15, 0.2) is 29.8 Å². The summed E-state index contributed by atoms with van der Waals surface area (Å²) in [7, 11) is 0. The van der Waals surface area contributed by atoms with E-state index >= 15 is 0 Å². The molecular weight excluding hydrogens is 278 g/mol. The number of allylic oxidation sites excluding steroid dienone is 1. The third-order valence-electron chi connectivity index (χ3n) is 3.26. The monoisotopic (exact) mass is 293 g/mol. The van der Waals surface area contributed by atoms with Crippen LogP contribution >= 0.6 is 11.6 Å². The quantitative estimate of drug-likeness (QED) is 0.828. The first kappa shape index (κ1) is 14.6. The summed E-state index contributed by atoms with van der Waals surface area (Å²) in [5, 5.41) is 12.1. The van der Waals surface area contributed by atoms with E-state index in [1.165, 1.54) is 18.6 Å². The van der Waals surface area contributed by atoms with Crippen molar-refractivity contribution in [2.24, 2.45) is 0 Å². The summed E-state index contributed by atoms with van der Waals surface area (Å²) in [5.41, 5.74) is 1.41. The first-order valence-electron chi connectivity index (χ1n) is 6.57. The van der Waals surface area contributed by atoms with E-state index in [9.17, 15) is 9.59 Å². The van der Waals surface area contributed by atoms with Gasteiger partial charge in [0.2, 0.25) is 5.91 Å². The molecule has 0 saturated carbocycles. The molecule has 106 valence electrons. The summed E-state index contributed by atoms with van der Waals surface area (Å²) in [4.78, 5) is 23.1. The van der Waals surface area contributed by atoms with E-state index in [0.717, 1.165) is 24.8 Å². The molecule has 0 unspecified atom stereocenters. The van der Waals surface area contributed by atoms with Crippen LogP contribution in [0.25, 0.3) is 0 Å². The number of amides is 1. The number of nitrogens with one attached hydrogen (secondary N) is 1. The predicted octanol–water partition coefficient (Wildman–Crippen LogP) is 3.87. The number of hydrogen-bond acceptors (Lipinski definition) is 2. The van der Waals surface area contributed by atoms with Gasteiger partial charge in [0.25, 0.3) is 0 Å². The Morgan fingerprint density at radius 1 is 1.30 bits per heavy atom. The minimum atomic E-state index is -1.11. The zero-order valence-corrected chi connectivity index (χ0v) is 11.7. The lowest BCUT2D eigenvalue weighted by atomic mass is 9.97. The van der Waals surface area contributed by atoms with Crippen molar-refractivity contribution in [3.05, 3.63) is 40.4 Å². The lowest BCUT2D eigenvalue weighted by Gasteiger charge is -2.13. The van der Waals surface area contributed by atoms with Gasteiger partial charge in [0.05, 0.1) is 11.3 Å². The van der Waals surface area contributed by atoms with E-state index in [2.05, 4.69) is 11.4 Å². The fourth-order valence-electron chi connectivity index (χ4n) is 2.27. The Morgan fingerprint density at radius 3 is 2.75 bits per heavy atom. The lowest BCUT2D eigenvalue weighted by molar-refractivity contribution is -0.115. The molecule has 0 aliphatic heterocycles. The van der Waals surface area contributed by atoms with E-state index < -0.39 is 5.97 Å². The normalized spacial score (nSPS) is 14.6. The molecule has 0 bridgehead atoms. The van der Waals surface area contributed by atoms with Crippen LogP contribution in [0.4, 0.5) is 5.69 Å². The topological polar surface area (TPSA) is 66.4 Å². The number of carboxylic acid groups (broad SMARTS) is 1. The van der Waals surface area contributed by atoms with Crippen LogP contribution in [-0.2, 0) is 4.79 Å². The molecule has 1 aliphatic rings. The number of benzene rings is 1. The molecule has 1 aromatic carbocycles. The van der Waals surface area contributed by atoms with Crippen molar-refractivity contribution in [3.8, 4) is 0 Å². The Labute approximate surface area is 122 Å². The fourth-order valence-corrected chi connectivity index (χ4v) is 2.44. The van der Waals surface area contributed by atoms with Gasteiger partial charge in [-0.3, -0.25) is 4.79 Å². The van der Waals surface area contributed by atoms with Gasteiger partial charge in [0.1, 0.15) is 0 Å². The van der Waals surface area contributed by atoms with Gasteiger partial charge in [0.15, 0.2) is 0 Å². The summed E-state index contributed by atoms with van der Waals surface area (Å²) in [6.45, 7) is 0. The molecule has 1 amide bonds. The number of rotatable bonds is 4. The number of hydrogen-bond donors (Lipinski definition) is 2. The predicted molar refractivity (Wildman–Crippen MR) is 78.2 cm³/mol. The molecule has 0 spiro atoms. The second-order valence-corrected chi connectivity index (χ2v) is 5.26. The van der Waals surface area contributed by atoms with Crippen LogP contribution < -0.4 is 5.32 Å². The van der Waals surface area contributed by atoms with Crippen molar-refractivity contribution >= 4 is 29.2 Å². The van der Waals surface area contributed by atoms with Gasteiger partial charge in [-0.25, -0.2) is 4.79 Å². The molecule has 0 radical (unpaired) electrons. The maximum atomic E-state index is 12.0. The smallest absolute Gasteiger partial charge is 0.337 e. The molecular formula is C15H16ClNO3. The summed E-state index contributed by atoms with van der Waals surface area (Å²) in [5.74, 6) is -1.30. The zero-order chi connectivity index (χ0) is 14.5. The molecule has 0 heterocycles. The lowest BCUT2D eigenvalue weighted by Crippen LogP contribution is -2.15. The molecule has 4 nitrogen and oxygen atoms in total. The maximum absolute atomic E-state index is 12.0. The van der Waals surface area contributed by atoms with E-state index in [4.69, 9.17) is 16.7 Å². The molecule has 0 atom stereocenters. The van der Waals surface area contributed by atoms with E-state index in [1.54, 1.807) is 6.07 Å². The first-order valence-corrected chi connectivity index (χ1v) is 6.94. The number of carboxylic acids is 1. The molecule has 2 N–H and O–H groups in total. The Hall–Kier alpha value is -1.81. The fraction of sp³-hybridized carbons (Fsp3) is 0.333. The second-order valence-electron chi connectivity index (χ2n) is 4.83. The highest BCUT2D eigenvalue weighted by molar-refractivity contribution is 6.31. The maximum Gasteiger partial charge on any atom is 0.337 e. The second kappa shape index (κ2) is 6.57. The Morgan fingerprint density at radius 2 is 2.10 bits per heavy atom. The minimum Gasteiger partial charge on any atom is -0.478 e. The molecule has 0 saturated heterocycles. The number of aromatic carboxylic acids is 1. The molecule has 5 heteroatoms. The SMILES string of the molecule is O=C(CC1=CCCCC1)Nc1ccc(Cl)cc1C(=O)O. The Bertz CT molecular complexity index is 566. The van der Waals surface area contributed by atoms with Crippen molar-refractivity contribution in [2.45, 2.75) is 32.1 Å². The van der Waals surface area contributed by atoms with Crippen molar-refractivity contribution in [1.82, 2.24) is 0 Å². The summed E-state index contributed by atoms with van der Waals surface area (Å²) in [6, 6.07) is 4.40. The van der Waals surface area contributed by atoms with Gasteiger partial charge in [-0.2, -0.15) is 0 Å². The van der Waals surface area contributed by atoms with Gasteiger partial charge in [0, 0.05) is 11.4 Å². The van der Waals surface area contributed by atoms with Crippen LogP contribution in [0.5, 0.6) is 0 Å². The number of anilines is 1. The number of halogens is 1. The van der Waals surface area contributed by atoms with Crippen molar-refractivity contribution in [2.75, 3.05) is 5.32 Å². The molecule has 0 fully saturated rings. The van der Waals surface area contributed by atoms with Gasteiger partial charge >= 0.3 is 5.97 Å². The molecule has 2 rings (SSSR count). The van der Waals surface area contributed by atoms with Crippen molar-refractivity contribution in [3.63, 3.8) is 0 Å². The number of carbonyl (C=O) groups excluding carboxylic acids is 1. The van der Waals surface area contributed by atoms with Gasteiger partial charge in [-0.15, -0.1) is 0 Å².